The van der Waals surface area contributed by atoms with Gasteiger partial charge in [0.2, 0.25) is 0 Å². The van der Waals surface area contributed by atoms with Crippen LogP contribution in [0, 0.1) is 6.92 Å². The molecule has 0 fully saturated rings. The second kappa shape index (κ2) is 7.55. The summed E-state index contributed by atoms with van der Waals surface area (Å²) >= 11 is 0. The van der Waals surface area contributed by atoms with Gasteiger partial charge in [0.05, 0.1) is 23.5 Å². The Balaban J connectivity index is 2.27. The second-order valence-electron chi connectivity index (χ2n) is 5.68. The summed E-state index contributed by atoms with van der Waals surface area (Å²) < 4.78 is 42.9. The van der Waals surface area contributed by atoms with Gasteiger partial charge >= 0.3 is 12.3 Å². The van der Waals surface area contributed by atoms with Gasteiger partial charge < -0.3 is 15.4 Å². The Morgan fingerprint density at radius 3 is 2.31 bits per heavy atom. The van der Waals surface area contributed by atoms with Crippen molar-refractivity contribution < 1.29 is 22.7 Å². The molecule has 0 radical (unpaired) electrons. The summed E-state index contributed by atoms with van der Waals surface area (Å²) in [6.45, 7) is 3.69. The highest BCUT2D eigenvalue weighted by atomic mass is 19.4. The quantitative estimate of drug-likeness (QED) is 0.752. The van der Waals surface area contributed by atoms with Crippen molar-refractivity contribution in [2.75, 3.05) is 29.6 Å². The number of aryl methyl sites for hydroxylation is 1. The molecule has 26 heavy (non-hydrogen) atoms. The minimum Gasteiger partial charge on any atom is -0.450 e. The fourth-order valence-corrected chi connectivity index (χ4v) is 2.45. The molecule has 0 spiro atoms. The van der Waals surface area contributed by atoms with Crippen molar-refractivity contribution in [3.05, 3.63) is 47.5 Å². The number of amides is 1. The smallest absolute Gasteiger partial charge is 0.416 e. The van der Waals surface area contributed by atoms with E-state index in [9.17, 15) is 18.0 Å². The Labute approximate surface area is 149 Å². The number of rotatable bonds is 4. The van der Waals surface area contributed by atoms with Crippen molar-refractivity contribution in [1.82, 2.24) is 0 Å². The van der Waals surface area contributed by atoms with E-state index in [1.165, 1.54) is 12.1 Å². The van der Waals surface area contributed by atoms with E-state index < -0.39 is 17.8 Å². The highest BCUT2D eigenvalue weighted by Gasteiger charge is 2.30. The van der Waals surface area contributed by atoms with Gasteiger partial charge in [-0.15, -0.1) is 0 Å². The summed E-state index contributed by atoms with van der Waals surface area (Å²) in [4.78, 5) is 13.3. The third-order valence-corrected chi connectivity index (χ3v) is 3.82. The summed E-state index contributed by atoms with van der Waals surface area (Å²) in [5.74, 6) is 0. The Kier molecular flexibility index (Phi) is 5.64. The van der Waals surface area contributed by atoms with Crippen LogP contribution in [-0.4, -0.2) is 19.7 Å². The topological polar surface area (TPSA) is 67.6 Å². The van der Waals surface area contributed by atoms with Crippen LogP contribution in [0.15, 0.2) is 36.4 Å². The predicted molar refractivity (Wildman–Crippen MR) is 95.7 cm³/mol. The second-order valence-corrected chi connectivity index (χ2v) is 5.68. The number of anilines is 4. The first-order chi connectivity index (χ1) is 12.1. The SMILES string of the molecule is CCOC(=O)Nc1c(C)cc(N(C)c2ccc(C(F)(F)F)cc2)cc1N. The molecule has 2 aromatic rings. The standard InChI is InChI=1S/C18H20F3N3O2/c1-4-26-17(25)23-16-11(2)9-14(10-15(16)22)24(3)13-7-5-12(6-8-13)18(19,20)21/h5-10H,4,22H2,1-3H3,(H,23,25). The normalized spacial score (nSPS) is 11.2. The maximum atomic E-state index is 12.7. The van der Waals surface area contributed by atoms with Gasteiger partial charge in [-0.3, -0.25) is 5.32 Å². The van der Waals surface area contributed by atoms with Crippen LogP contribution < -0.4 is 16.0 Å². The molecule has 0 atom stereocenters. The van der Waals surface area contributed by atoms with Gasteiger partial charge in [0.25, 0.3) is 0 Å². The molecular weight excluding hydrogens is 347 g/mol. The number of halogens is 3. The fraction of sp³-hybridized carbons (Fsp3) is 0.278. The van der Waals surface area contributed by atoms with Crippen molar-refractivity contribution in [2.45, 2.75) is 20.0 Å². The summed E-state index contributed by atoms with van der Waals surface area (Å²) in [6, 6.07) is 8.23. The minimum atomic E-state index is -4.38. The van der Waals surface area contributed by atoms with Crippen molar-refractivity contribution in [3.8, 4) is 0 Å². The maximum Gasteiger partial charge on any atom is 0.416 e. The average molecular weight is 367 g/mol. The molecule has 0 saturated carbocycles. The van der Waals surface area contributed by atoms with Gasteiger partial charge in [0.15, 0.2) is 0 Å². The molecule has 1 amide bonds. The van der Waals surface area contributed by atoms with Crippen LogP contribution in [0.3, 0.4) is 0 Å². The van der Waals surface area contributed by atoms with Gasteiger partial charge in [-0.1, -0.05) is 0 Å². The van der Waals surface area contributed by atoms with E-state index in [-0.39, 0.29) is 6.61 Å². The fourth-order valence-electron chi connectivity index (χ4n) is 2.45. The molecule has 140 valence electrons. The number of ether oxygens (including phenoxy) is 1. The minimum absolute atomic E-state index is 0.236. The summed E-state index contributed by atoms with van der Waals surface area (Å²) in [5.41, 5.74) is 8.02. The molecule has 0 bridgehead atoms. The van der Waals surface area contributed by atoms with E-state index in [1.54, 1.807) is 37.9 Å². The molecule has 2 rings (SSSR count). The van der Waals surface area contributed by atoms with Crippen LogP contribution >= 0.6 is 0 Å². The number of hydrogen-bond acceptors (Lipinski definition) is 4. The van der Waals surface area contributed by atoms with Gasteiger partial charge in [0.1, 0.15) is 0 Å². The Morgan fingerprint density at radius 1 is 1.19 bits per heavy atom. The van der Waals surface area contributed by atoms with Gasteiger partial charge in [0, 0.05) is 18.4 Å². The maximum absolute atomic E-state index is 12.7. The van der Waals surface area contributed by atoms with Crippen molar-refractivity contribution in [1.29, 1.82) is 0 Å². The molecule has 0 aromatic heterocycles. The monoisotopic (exact) mass is 367 g/mol. The van der Waals surface area contributed by atoms with E-state index in [1.807, 2.05) is 0 Å². The Bertz CT molecular complexity index is 766. The largest absolute Gasteiger partial charge is 0.450 e. The van der Waals surface area contributed by atoms with E-state index >= 15 is 0 Å². The number of nitrogens with two attached hydrogens (primary N) is 1. The van der Waals surface area contributed by atoms with Crippen LogP contribution in [0.25, 0.3) is 0 Å². The third kappa shape index (κ3) is 4.38. The molecular formula is C18H20F3N3O2. The number of nitrogen functional groups attached to an aromatic ring is 1. The number of nitrogens with one attached hydrogen (secondary N) is 1. The van der Waals surface area contributed by atoms with Crippen LogP contribution in [0.1, 0.15) is 18.1 Å². The zero-order chi connectivity index (χ0) is 19.5. The van der Waals surface area contributed by atoms with E-state index in [2.05, 4.69) is 5.32 Å². The first-order valence-electron chi connectivity index (χ1n) is 7.88. The van der Waals surface area contributed by atoms with Crippen LogP contribution in [0.4, 0.5) is 40.7 Å². The predicted octanol–water partition coefficient (Wildman–Crippen LogP) is 4.93. The number of nitrogens with zero attached hydrogens (tertiary/aromatic N) is 1. The summed E-state index contributed by atoms with van der Waals surface area (Å²) in [6.07, 6.45) is -4.98. The summed E-state index contributed by atoms with van der Waals surface area (Å²) in [7, 11) is 1.72. The third-order valence-electron chi connectivity index (χ3n) is 3.82. The van der Waals surface area contributed by atoms with Crippen LogP contribution in [0.2, 0.25) is 0 Å². The van der Waals surface area contributed by atoms with E-state index in [0.717, 1.165) is 12.1 Å². The molecule has 8 heteroatoms. The van der Waals surface area contributed by atoms with Crippen molar-refractivity contribution in [3.63, 3.8) is 0 Å². The number of hydrogen-bond donors (Lipinski definition) is 2. The Morgan fingerprint density at radius 2 is 1.81 bits per heavy atom. The first-order valence-corrected chi connectivity index (χ1v) is 7.88. The number of carbonyl (C=O) groups excluding carboxylic acids is 1. The number of carbonyl (C=O) groups is 1. The van der Waals surface area contributed by atoms with Gasteiger partial charge in [-0.2, -0.15) is 13.2 Å². The van der Waals surface area contributed by atoms with Crippen molar-refractivity contribution >= 4 is 28.8 Å². The van der Waals surface area contributed by atoms with Gasteiger partial charge in [-0.05, 0) is 55.8 Å². The lowest BCUT2D eigenvalue weighted by molar-refractivity contribution is -0.137. The van der Waals surface area contributed by atoms with E-state index in [0.29, 0.717) is 28.3 Å². The first kappa shape index (κ1) is 19.4. The summed E-state index contributed by atoms with van der Waals surface area (Å²) in [5, 5.41) is 2.58. The number of benzene rings is 2. The zero-order valence-corrected chi connectivity index (χ0v) is 14.6. The average Bonchev–Trinajstić information content (AvgIpc) is 2.57. The lowest BCUT2D eigenvalue weighted by Crippen LogP contribution is -2.16. The molecule has 0 aliphatic carbocycles. The molecule has 0 aliphatic rings. The van der Waals surface area contributed by atoms with E-state index in [4.69, 9.17) is 10.5 Å². The molecule has 0 aliphatic heterocycles. The van der Waals surface area contributed by atoms with Crippen LogP contribution in [-0.2, 0) is 10.9 Å². The lowest BCUT2D eigenvalue weighted by atomic mass is 10.1. The molecule has 3 N–H and O–H groups in total. The zero-order valence-electron chi connectivity index (χ0n) is 14.6. The Hall–Kier alpha value is -2.90. The lowest BCUT2D eigenvalue weighted by Gasteiger charge is -2.22. The molecule has 0 heterocycles. The highest BCUT2D eigenvalue weighted by molar-refractivity contribution is 5.91. The highest BCUT2D eigenvalue weighted by Crippen LogP contribution is 2.34. The molecule has 0 unspecified atom stereocenters. The van der Waals surface area contributed by atoms with Gasteiger partial charge in [-0.25, -0.2) is 4.79 Å². The number of alkyl halides is 3. The molecule has 5 nitrogen and oxygen atoms in total. The van der Waals surface area contributed by atoms with Crippen molar-refractivity contribution in [2.24, 2.45) is 0 Å². The van der Waals surface area contributed by atoms with Crippen LogP contribution in [0.5, 0.6) is 0 Å². The molecule has 0 saturated heterocycles. The molecule has 2 aromatic carbocycles.